The second-order valence-electron chi connectivity index (χ2n) is 6.01. The summed E-state index contributed by atoms with van der Waals surface area (Å²) in [5, 5.41) is 0. The normalized spacial score (nSPS) is 19.7. The molecule has 23 heavy (non-hydrogen) atoms. The summed E-state index contributed by atoms with van der Waals surface area (Å²) >= 11 is 0. The van der Waals surface area contributed by atoms with Gasteiger partial charge in [-0.25, -0.2) is 9.97 Å². The molecular weight excluding hydrogens is 292 g/mol. The van der Waals surface area contributed by atoms with Gasteiger partial charge < -0.3 is 14.8 Å². The molecule has 4 rings (SSSR count). The zero-order valence-electron chi connectivity index (χ0n) is 12.9. The predicted molar refractivity (Wildman–Crippen MR) is 88.9 cm³/mol. The lowest BCUT2D eigenvalue weighted by molar-refractivity contribution is 0.156. The molecule has 2 fully saturated rings. The molecule has 0 radical (unpaired) electrons. The fraction of sp³-hybridized carbons (Fsp3) is 0.438. The van der Waals surface area contributed by atoms with Gasteiger partial charge in [0, 0.05) is 63.9 Å². The topological polar surface area (TPSA) is 68.4 Å². The Morgan fingerprint density at radius 2 is 1.83 bits per heavy atom. The molecule has 7 heteroatoms. The third-order valence-corrected chi connectivity index (χ3v) is 4.65. The van der Waals surface area contributed by atoms with E-state index in [9.17, 15) is 4.79 Å². The Morgan fingerprint density at radius 3 is 2.52 bits per heavy atom. The number of hydrogen-bond acceptors (Lipinski definition) is 6. The van der Waals surface area contributed by atoms with E-state index in [1.807, 2.05) is 18.3 Å². The highest BCUT2D eigenvalue weighted by molar-refractivity contribution is 5.41. The molecule has 0 bridgehead atoms. The number of aromatic amines is 1. The first-order chi connectivity index (χ1) is 11.3. The van der Waals surface area contributed by atoms with Crippen LogP contribution in [0, 0.1) is 0 Å². The van der Waals surface area contributed by atoms with Crippen molar-refractivity contribution in [3.63, 3.8) is 0 Å². The fourth-order valence-corrected chi connectivity index (χ4v) is 3.29. The molecule has 2 aliphatic heterocycles. The maximum absolute atomic E-state index is 11.7. The number of anilines is 2. The minimum atomic E-state index is -0.106. The van der Waals surface area contributed by atoms with Crippen LogP contribution in [0.3, 0.4) is 0 Å². The molecule has 7 nitrogen and oxygen atoms in total. The van der Waals surface area contributed by atoms with Gasteiger partial charge in [-0.3, -0.25) is 9.69 Å². The van der Waals surface area contributed by atoms with Crippen molar-refractivity contribution in [1.29, 1.82) is 0 Å². The molecule has 0 spiro atoms. The zero-order valence-corrected chi connectivity index (χ0v) is 12.9. The van der Waals surface area contributed by atoms with Crippen LogP contribution in [0.2, 0.25) is 0 Å². The van der Waals surface area contributed by atoms with E-state index >= 15 is 0 Å². The summed E-state index contributed by atoms with van der Waals surface area (Å²) in [5.41, 5.74) is -0.106. The Hall–Kier alpha value is -2.41. The van der Waals surface area contributed by atoms with Crippen molar-refractivity contribution < 1.29 is 0 Å². The van der Waals surface area contributed by atoms with E-state index in [0.717, 1.165) is 45.1 Å². The highest BCUT2D eigenvalue weighted by Crippen LogP contribution is 2.21. The number of H-pyrrole nitrogens is 1. The molecule has 1 N–H and O–H groups in total. The molecule has 0 atom stereocenters. The van der Waals surface area contributed by atoms with Crippen molar-refractivity contribution in [3.8, 4) is 0 Å². The van der Waals surface area contributed by atoms with Gasteiger partial charge in [0.2, 0.25) is 0 Å². The van der Waals surface area contributed by atoms with Crippen LogP contribution in [0.1, 0.15) is 0 Å². The largest absolute Gasteiger partial charge is 0.354 e. The maximum Gasteiger partial charge on any atom is 0.290 e. The SMILES string of the molecule is O=c1[nH]ccnc1N1CC(N2CCN(c3ccccn3)CC2)C1. The Bertz CT molecular complexity index is 704. The van der Waals surface area contributed by atoms with E-state index in [4.69, 9.17) is 0 Å². The summed E-state index contributed by atoms with van der Waals surface area (Å²) < 4.78 is 0. The lowest BCUT2D eigenvalue weighted by atomic mass is 10.1. The number of nitrogens with zero attached hydrogens (tertiary/aromatic N) is 5. The molecule has 120 valence electrons. The van der Waals surface area contributed by atoms with Crippen LogP contribution in [-0.4, -0.2) is 65.2 Å². The van der Waals surface area contributed by atoms with Crippen molar-refractivity contribution in [2.75, 3.05) is 49.1 Å². The van der Waals surface area contributed by atoms with Gasteiger partial charge in [-0.05, 0) is 12.1 Å². The molecule has 0 aromatic carbocycles. The fourth-order valence-electron chi connectivity index (χ4n) is 3.29. The number of piperazine rings is 1. The highest BCUT2D eigenvalue weighted by atomic mass is 16.1. The Labute approximate surface area is 134 Å². The minimum absolute atomic E-state index is 0.106. The van der Waals surface area contributed by atoms with Crippen LogP contribution >= 0.6 is 0 Å². The number of rotatable bonds is 3. The van der Waals surface area contributed by atoms with Crippen molar-refractivity contribution in [1.82, 2.24) is 19.9 Å². The Balaban J connectivity index is 1.31. The van der Waals surface area contributed by atoms with Crippen molar-refractivity contribution in [3.05, 3.63) is 47.1 Å². The minimum Gasteiger partial charge on any atom is -0.354 e. The predicted octanol–water partition coefficient (Wildman–Crippen LogP) is 0.176. The average molecular weight is 312 g/mol. The van der Waals surface area contributed by atoms with Crippen molar-refractivity contribution >= 4 is 11.6 Å². The Morgan fingerprint density at radius 1 is 1.00 bits per heavy atom. The van der Waals surface area contributed by atoms with Gasteiger partial charge in [0.1, 0.15) is 5.82 Å². The molecule has 2 aromatic rings. The number of hydrogen-bond donors (Lipinski definition) is 1. The summed E-state index contributed by atoms with van der Waals surface area (Å²) in [7, 11) is 0. The summed E-state index contributed by atoms with van der Waals surface area (Å²) in [6.07, 6.45) is 5.05. The lowest BCUT2D eigenvalue weighted by Crippen LogP contribution is -2.64. The van der Waals surface area contributed by atoms with Crippen LogP contribution in [0.5, 0.6) is 0 Å². The van der Waals surface area contributed by atoms with Gasteiger partial charge in [-0.2, -0.15) is 0 Å². The third-order valence-electron chi connectivity index (χ3n) is 4.65. The van der Waals surface area contributed by atoms with Crippen LogP contribution in [0.25, 0.3) is 0 Å². The summed E-state index contributed by atoms with van der Waals surface area (Å²) in [4.78, 5) is 29.9. The first kappa shape index (κ1) is 14.2. The van der Waals surface area contributed by atoms with E-state index in [-0.39, 0.29) is 5.56 Å². The summed E-state index contributed by atoms with van der Waals surface area (Å²) in [6, 6.07) is 6.56. The number of aromatic nitrogens is 3. The van der Waals surface area contributed by atoms with E-state index in [1.165, 1.54) is 0 Å². The van der Waals surface area contributed by atoms with Gasteiger partial charge in [0.15, 0.2) is 5.82 Å². The van der Waals surface area contributed by atoms with Crippen LogP contribution in [0.15, 0.2) is 41.6 Å². The highest BCUT2D eigenvalue weighted by Gasteiger charge is 2.35. The van der Waals surface area contributed by atoms with Crippen LogP contribution < -0.4 is 15.4 Å². The average Bonchev–Trinajstić information content (AvgIpc) is 2.57. The lowest BCUT2D eigenvalue weighted by Gasteiger charge is -2.48. The second kappa shape index (κ2) is 6.00. The Kier molecular flexibility index (Phi) is 3.70. The maximum atomic E-state index is 11.7. The van der Waals surface area contributed by atoms with Crippen molar-refractivity contribution in [2.24, 2.45) is 0 Å². The van der Waals surface area contributed by atoms with E-state index in [2.05, 4.69) is 35.7 Å². The van der Waals surface area contributed by atoms with E-state index in [0.29, 0.717) is 11.9 Å². The molecule has 2 saturated heterocycles. The summed E-state index contributed by atoms with van der Waals surface area (Å²) in [5.74, 6) is 1.60. The summed E-state index contributed by atoms with van der Waals surface area (Å²) in [6.45, 7) is 5.82. The molecule has 0 amide bonds. The third kappa shape index (κ3) is 2.79. The second-order valence-corrected chi connectivity index (χ2v) is 6.01. The molecule has 4 heterocycles. The van der Waals surface area contributed by atoms with E-state index in [1.54, 1.807) is 12.4 Å². The van der Waals surface area contributed by atoms with Gasteiger partial charge in [-0.15, -0.1) is 0 Å². The van der Waals surface area contributed by atoms with Crippen LogP contribution in [0.4, 0.5) is 11.6 Å². The van der Waals surface area contributed by atoms with Gasteiger partial charge in [-0.1, -0.05) is 6.07 Å². The first-order valence-corrected chi connectivity index (χ1v) is 8.00. The first-order valence-electron chi connectivity index (χ1n) is 8.00. The van der Waals surface area contributed by atoms with Gasteiger partial charge in [0.05, 0.1) is 0 Å². The molecule has 0 aliphatic carbocycles. The molecule has 2 aromatic heterocycles. The van der Waals surface area contributed by atoms with Crippen molar-refractivity contribution in [2.45, 2.75) is 6.04 Å². The smallest absolute Gasteiger partial charge is 0.290 e. The molecule has 2 aliphatic rings. The monoisotopic (exact) mass is 312 g/mol. The van der Waals surface area contributed by atoms with Gasteiger partial charge >= 0.3 is 0 Å². The van der Waals surface area contributed by atoms with Gasteiger partial charge in [0.25, 0.3) is 5.56 Å². The standard InChI is InChI=1S/C16H20N6O/c23-16-15(18-5-6-19-16)22-11-13(12-22)20-7-9-21(10-8-20)14-3-1-2-4-17-14/h1-6,13H,7-12H2,(H,19,23). The van der Waals surface area contributed by atoms with Crippen LogP contribution in [-0.2, 0) is 0 Å². The van der Waals surface area contributed by atoms with E-state index < -0.39 is 0 Å². The molecule has 0 unspecified atom stereocenters. The quantitative estimate of drug-likeness (QED) is 0.872. The molecular formula is C16H20N6O. The number of nitrogens with one attached hydrogen (secondary N) is 1. The molecule has 0 saturated carbocycles. The number of pyridine rings is 1. The zero-order chi connectivity index (χ0) is 15.6.